The minimum atomic E-state index is -4.73. The smallest absolute Gasteiger partial charge is 0.411 e. The molecule has 8 nitrogen and oxygen atoms in total. The Bertz CT molecular complexity index is 1720. The molecule has 0 aliphatic carbocycles. The molecule has 1 amide bonds. The van der Waals surface area contributed by atoms with Crippen LogP contribution < -0.4 is 10.2 Å². The Morgan fingerprint density at radius 2 is 1.77 bits per heavy atom. The largest absolute Gasteiger partial charge is 0.480 e. The maximum Gasteiger partial charge on any atom is 0.411 e. The second kappa shape index (κ2) is 12.2. The fraction of sp³-hybridized carbons (Fsp3) is 0.290. The number of aromatic nitrogens is 2. The number of ether oxygens (including phenoxy) is 1. The van der Waals surface area contributed by atoms with Crippen molar-refractivity contribution in [3.05, 3.63) is 88.7 Å². The average molecular weight is 615 g/mol. The Morgan fingerprint density at radius 1 is 1.09 bits per heavy atom. The summed E-state index contributed by atoms with van der Waals surface area (Å²) in [5.74, 6) is -5.21. The quantitative estimate of drug-likeness (QED) is 0.269. The summed E-state index contributed by atoms with van der Waals surface area (Å²) >= 11 is 0. The van der Waals surface area contributed by atoms with Gasteiger partial charge in [0.2, 0.25) is 0 Å². The van der Waals surface area contributed by atoms with E-state index >= 15 is 8.78 Å². The van der Waals surface area contributed by atoms with E-state index in [1.54, 1.807) is 36.5 Å². The average Bonchev–Trinajstić information content (AvgIpc) is 2.97. The molecule has 0 radical (unpaired) electrons. The van der Waals surface area contributed by atoms with E-state index in [9.17, 15) is 27.9 Å². The molecule has 0 unspecified atom stereocenters. The Morgan fingerprint density at radius 3 is 2.41 bits per heavy atom. The first-order valence-corrected chi connectivity index (χ1v) is 13.6. The minimum absolute atomic E-state index is 0.0916. The van der Waals surface area contributed by atoms with Crippen molar-refractivity contribution in [2.24, 2.45) is 0 Å². The number of rotatable bonds is 7. The molecule has 0 saturated carbocycles. The van der Waals surface area contributed by atoms with Crippen LogP contribution in [-0.4, -0.2) is 65.0 Å². The van der Waals surface area contributed by atoms with Crippen LogP contribution in [0, 0.1) is 25.5 Å². The summed E-state index contributed by atoms with van der Waals surface area (Å²) < 4.78 is 75.5. The zero-order chi connectivity index (χ0) is 31.8. The highest BCUT2D eigenvalue weighted by Crippen LogP contribution is 2.33. The number of halogens is 5. The number of carboxylic acid groups (broad SMARTS) is 1. The number of nitrogens with zero attached hydrogens (tertiary/aromatic N) is 3. The molecular formula is C31H27F5N4O4. The van der Waals surface area contributed by atoms with Crippen LogP contribution in [0.3, 0.4) is 0 Å². The number of hydrogen-bond acceptors (Lipinski definition) is 6. The van der Waals surface area contributed by atoms with Crippen LogP contribution in [0.4, 0.5) is 27.6 Å². The van der Waals surface area contributed by atoms with Gasteiger partial charge in [-0.15, -0.1) is 0 Å². The van der Waals surface area contributed by atoms with E-state index in [0.717, 1.165) is 21.5 Å². The molecule has 1 aliphatic heterocycles. The number of alkyl halides is 3. The van der Waals surface area contributed by atoms with Crippen molar-refractivity contribution in [2.45, 2.75) is 38.5 Å². The number of nitrogens with one attached hydrogen (secondary N) is 1. The zero-order valence-electron chi connectivity index (χ0n) is 23.6. The van der Waals surface area contributed by atoms with E-state index in [4.69, 9.17) is 4.74 Å². The van der Waals surface area contributed by atoms with Gasteiger partial charge in [-0.3, -0.25) is 4.79 Å². The molecule has 3 aromatic carbocycles. The molecule has 2 N–H and O–H groups in total. The monoisotopic (exact) mass is 614 g/mol. The molecule has 230 valence electrons. The van der Waals surface area contributed by atoms with Crippen molar-refractivity contribution in [2.75, 3.05) is 24.7 Å². The lowest BCUT2D eigenvalue weighted by Crippen LogP contribution is -2.53. The number of aryl methyl sites for hydroxylation is 2. The van der Waals surface area contributed by atoms with Crippen LogP contribution in [0.2, 0.25) is 0 Å². The number of aliphatic carboxylic acids is 1. The molecule has 4 aromatic rings. The van der Waals surface area contributed by atoms with E-state index in [1.807, 2.05) is 19.9 Å². The van der Waals surface area contributed by atoms with Gasteiger partial charge in [0.25, 0.3) is 5.91 Å². The summed E-state index contributed by atoms with van der Waals surface area (Å²) in [6.07, 6.45) is -3.26. The number of carbonyl (C=O) groups is 2. The lowest BCUT2D eigenvalue weighted by Gasteiger charge is -2.38. The Labute approximate surface area is 248 Å². The number of carboxylic acids is 1. The van der Waals surface area contributed by atoms with Crippen LogP contribution in [0.5, 0.6) is 0 Å². The van der Waals surface area contributed by atoms with Crippen molar-refractivity contribution in [3.8, 4) is 11.4 Å². The Kier molecular flexibility index (Phi) is 8.51. The number of carbonyl (C=O) groups excluding carboxylic acids is 1. The molecule has 2 heterocycles. The van der Waals surface area contributed by atoms with Gasteiger partial charge in [0.1, 0.15) is 29.3 Å². The molecule has 1 aromatic heterocycles. The maximum absolute atomic E-state index is 15.1. The van der Waals surface area contributed by atoms with Crippen LogP contribution in [0.25, 0.3) is 22.2 Å². The molecular weight excluding hydrogens is 587 g/mol. The number of hydrogen-bond donors (Lipinski definition) is 2. The number of morpholine rings is 1. The summed E-state index contributed by atoms with van der Waals surface area (Å²) in [6, 6.07) is 8.09. The van der Waals surface area contributed by atoms with E-state index in [2.05, 4.69) is 15.3 Å². The topological polar surface area (TPSA) is 105 Å². The van der Waals surface area contributed by atoms with E-state index < -0.39 is 59.6 Å². The van der Waals surface area contributed by atoms with Gasteiger partial charge in [0.05, 0.1) is 13.2 Å². The van der Waals surface area contributed by atoms with Gasteiger partial charge in [-0.05, 0) is 47.9 Å². The Balaban J connectivity index is 1.42. The zero-order valence-corrected chi connectivity index (χ0v) is 23.6. The maximum atomic E-state index is 15.1. The van der Waals surface area contributed by atoms with Crippen LogP contribution in [-0.2, 0) is 16.0 Å². The van der Waals surface area contributed by atoms with Gasteiger partial charge in [-0.25, -0.2) is 23.5 Å². The van der Waals surface area contributed by atoms with Crippen LogP contribution >= 0.6 is 0 Å². The highest BCUT2D eigenvalue weighted by Gasteiger charge is 2.46. The summed E-state index contributed by atoms with van der Waals surface area (Å²) in [6.45, 7) is 2.66. The summed E-state index contributed by atoms with van der Waals surface area (Å²) in [4.78, 5) is 34.9. The molecule has 2 atom stereocenters. The normalized spacial score (nSPS) is 16.2. The predicted octanol–water partition coefficient (Wildman–Crippen LogP) is 5.39. The summed E-state index contributed by atoms with van der Waals surface area (Å²) in [7, 11) is 0. The molecule has 0 spiro atoms. The van der Waals surface area contributed by atoms with Crippen LogP contribution in [0.1, 0.15) is 27.2 Å². The van der Waals surface area contributed by atoms with Gasteiger partial charge in [0, 0.05) is 36.1 Å². The van der Waals surface area contributed by atoms with Crippen molar-refractivity contribution >= 4 is 28.3 Å². The first kappa shape index (κ1) is 30.8. The standard InChI is InChI=1S/C31H27F5N4O4/c1-16-14-37-28(38-17(16)2)22-8-7-18(20-5-3-4-6-21(20)22)11-25(30(42)43)39-29(41)27-23(32)12-19(13-24(27)33)40-9-10-44-15-26(40)31(34,35)36/h3-8,12-14,25-26H,9-11,15H2,1-2H3,(H,39,41)(H,42,43)/t25-,26+/m0/s1. The van der Waals surface area contributed by atoms with E-state index in [1.165, 1.54) is 0 Å². The molecule has 5 rings (SSSR count). The second-order valence-electron chi connectivity index (χ2n) is 10.5. The first-order valence-electron chi connectivity index (χ1n) is 13.6. The lowest BCUT2D eigenvalue weighted by molar-refractivity contribution is -0.167. The fourth-order valence-corrected chi connectivity index (χ4v) is 5.17. The number of benzene rings is 3. The fourth-order valence-electron chi connectivity index (χ4n) is 5.17. The summed E-state index contributed by atoms with van der Waals surface area (Å²) in [5.41, 5.74) is 1.43. The van der Waals surface area contributed by atoms with Crippen molar-refractivity contribution in [1.29, 1.82) is 0 Å². The first-order chi connectivity index (χ1) is 20.8. The van der Waals surface area contributed by atoms with Gasteiger partial charge in [0.15, 0.2) is 5.82 Å². The van der Waals surface area contributed by atoms with Gasteiger partial charge >= 0.3 is 12.1 Å². The van der Waals surface area contributed by atoms with Gasteiger partial charge in [-0.1, -0.05) is 36.4 Å². The molecule has 1 aliphatic rings. The van der Waals surface area contributed by atoms with Crippen molar-refractivity contribution < 1.29 is 41.4 Å². The number of anilines is 1. The number of fused-ring (bicyclic) bond motifs is 1. The third kappa shape index (κ3) is 6.18. The second-order valence-corrected chi connectivity index (χ2v) is 10.5. The third-order valence-corrected chi connectivity index (χ3v) is 7.60. The molecule has 44 heavy (non-hydrogen) atoms. The molecule has 0 bridgehead atoms. The van der Waals surface area contributed by atoms with Crippen LogP contribution in [0.15, 0.2) is 54.7 Å². The van der Waals surface area contributed by atoms with E-state index in [0.29, 0.717) is 34.5 Å². The minimum Gasteiger partial charge on any atom is -0.480 e. The molecule has 1 saturated heterocycles. The third-order valence-electron chi connectivity index (χ3n) is 7.60. The lowest BCUT2D eigenvalue weighted by atomic mass is 9.95. The highest BCUT2D eigenvalue weighted by atomic mass is 19.4. The van der Waals surface area contributed by atoms with Crippen molar-refractivity contribution in [3.63, 3.8) is 0 Å². The predicted molar refractivity (Wildman–Crippen MR) is 151 cm³/mol. The van der Waals surface area contributed by atoms with Crippen molar-refractivity contribution in [1.82, 2.24) is 15.3 Å². The van der Waals surface area contributed by atoms with Gasteiger partial charge in [-0.2, -0.15) is 13.2 Å². The number of amides is 1. The van der Waals surface area contributed by atoms with Gasteiger partial charge < -0.3 is 20.1 Å². The highest BCUT2D eigenvalue weighted by molar-refractivity contribution is 5.99. The summed E-state index contributed by atoms with van der Waals surface area (Å²) in [5, 5.41) is 13.5. The SMILES string of the molecule is Cc1cnc(-c2ccc(C[C@H](NC(=O)c3c(F)cc(N4CCOC[C@@H]4C(F)(F)F)cc3F)C(=O)O)c3ccccc23)nc1C. The molecule has 13 heteroatoms. The molecule has 1 fully saturated rings. The van der Waals surface area contributed by atoms with E-state index in [-0.39, 0.29) is 19.6 Å². The Hall–Kier alpha value is -4.65.